The number of carbonyl (C=O) groups excluding carboxylic acids is 1. The third-order valence-corrected chi connectivity index (χ3v) is 5.04. The van der Waals surface area contributed by atoms with E-state index in [1.54, 1.807) is 24.3 Å². The van der Waals surface area contributed by atoms with Crippen LogP contribution in [0.15, 0.2) is 29.2 Å². The van der Waals surface area contributed by atoms with Gasteiger partial charge in [0, 0.05) is 11.7 Å². The largest absolute Gasteiger partial charge is 0.376 e. The first kappa shape index (κ1) is 17.1. The van der Waals surface area contributed by atoms with Crippen LogP contribution in [0.4, 0.5) is 5.69 Å². The van der Waals surface area contributed by atoms with E-state index in [4.69, 9.17) is 4.55 Å². The van der Waals surface area contributed by atoms with Crippen LogP contribution in [0, 0.1) is 5.92 Å². The average Bonchev–Trinajstić information content (AvgIpc) is 2.44. The van der Waals surface area contributed by atoms with Gasteiger partial charge in [-0.05, 0) is 63.9 Å². The Morgan fingerprint density at radius 3 is 2.77 bits per heavy atom. The summed E-state index contributed by atoms with van der Waals surface area (Å²) in [5.41, 5.74) is 0.705. The molecule has 2 rings (SSSR count). The molecule has 0 saturated heterocycles. The van der Waals surface area contributed by atoms with Crippen molar-refractivity contribution < 1.29 is 13.6 Å². The highest BCUT2D eigenvalue weighted by Gasteiger charge is 2.30. The number of hydrogen-bond donors (Lipinski definition) is 2. The lowest BCUT2D eigenvalue weighted by molar-refractivity contribution is -0.108. The molecule has 5 nitrogen and oxygen atoms in total. The molecule has 0 radical (unpaired) electrons. The predicted octanol–water partition coefficient (Wildman–Crippen LogP) is 2.37. The lowest BCUT2D eigenvalue weighted by Crippen LogP contribution is -2.40. The number of rotatable bonds is 8. The van der Waals surface area contributed by atoms with Crippen LogP contribution in [0.25, 0.3) is 0 Å². The molecule has 2 atom stereocenters. The minimum atomic E-state index is -2.00. The molecule has 1 fully saturated rings. The highest BCUT2D eigenvalue weighted by atomic mass is 32.2. The van der Waals surface area contributed by atoms with Gasteiger partial charge in [0.1, 0.15) is 6.29 Å². The van der Waals surface area contributed by atoms with Crippen LogP contribution in [0.2, 0.25) is 0 Å². The molecule has 0 spiro atoms. The van der Waals surface area contributed by atoms with Gasteiger partial charge in [-0.1, -0.05) is 6.07 Å². The van der Waals surface area contributed by atoms with Gasteiger partial charge >= 0.3 is 0 Å². The third-order valence-electron chi connectivity index (χ3n) is 4.38. The Kier molecular flexibility index (Phi) is 6.11. The van der Waals surface area contributed by atoms with Crippen molar-refractivity contribution in [1.82, 2.24) is 4.90 Å². The van der Waals surface area contributed by atoms with Crippen molar-refractivity contribution in [2.75, 3.05) is 19.4 Å². The van der Waals surface area contributed by atoms with Crippen molar-refractivity contribution in [1.29, 1.82) is 0 Å². The second-order valence-electron chi connectivity index (χ2n) is 6.20. The van der Waals surface area contributed by atoms with E-state index >= 15 is 0 Å². The molecule has 0 bridgehead atoms. The van der Waals surface area contributed by atoms with Crippen LogP contribution in [-0.2, 0) is 15.9 Å². The number of aldehydes is 1. The predicted molar refractivity (Wildman–Crippen MR) is 88.4 cm³/mol. The molecular formula is C16H24N2O3S. The molecule has 2 unspecified atom stereocenters. The second kappa shape index (κ2) is 7.85. The fraction of sp³-hybridized carbons (Fsp3) is 0.562. The van der Waals surface area contributed by atoms with E-state index in [1.807, 2.05) is 0 Å². The molecule has 0 heterocycles. The van der Waals surface area contributed by atoms with Crippen molar-refractivity contribution in [3.63, 3.8) is 0 Å². The van der Waals surface area contributed by atoms with Gasteiger partial charge in [-0.25, -0.2) is 4.21 Å². The standard InChI is InChI=1S/C16H24N2O3S/c1-18(2)15-8-12(9-15)6-7-14(11-19)17-13-4-3-5-16(10-13)22(20)21/h3-5,10-12,14-15,17H,6-9H2,1-2H3,(H,20,21). The first-order chi connectivity index (χ1) is 10.5. The maximum Gasteiger partial charge on any atom is 0.186 e. The van der Waals surface area contributed by atoms with Gasteiger partial charge in [0.2, 0.25) is 0 Å². The van der Waals surface area contributed by atoms with E-state index in [2.05, 4.69) is 24.3 Å². The molecule has 1 aliphatic carbocycles. The topological polar surface area (TPSA) is 69.6 Å². The van der Waals surface area contributed by atoms with E-state index < -0.39 is 11.1 Å². The fourth-order valence-corrected chi connectivity index (χ4v) is 3.28. The number of hydrogen-bond acceptors (Lipinski definition) is 4. The van der Waals surface area contributed by atoms with E-state index in [9.17, 15) is 9.00 Å². The third kappa shape index (κ3) is 4.63. The quantitative estimate of drug-likeness (QED) is 0.567. The number of nitrogens with zero attached hydrogens (tertiary/aromatic N) is 1. The van der Waals surface area contributed by atoms with Gasteiger partial charge in [-0.2, -0.15) is 0 Å². The van der Waals surface area contributed by atoms with E-state index in [0.29, 0.717) is 22.5 Å². The Bertz CT molecular complexity index is 530. The molecule has 0 amide bonds. The Morgan fingerprint density at radius 1 is 1.45 bits per heavy atom. The van der Waals surface area contributed by atoms with Crippen LogP contribution < -0.4 is 5.32 Å². The fourth-order valence-electron chi connectivity index (χ4n) is 2.86. The molecule has 0 aliphatic heterocycles. The second-order valence-corrected chi connectivity index (χ2v) is 7.17. The summed E-state index contributed by atoms with van der Waals surface area (Å²) in [6, 6.07) is 7.15. The highest BCUT2D eigenvalue weighted by Crippen LogP contribution is 2.34. The maximum absolute atomic E-state index is 11.2. The molecule has 2 N–H and O–H groups in total. The molecule has 0 aromatic heterocycles. The van der Waals surface area contributed by atoms with Gasteiger partial charge in [0.05, 0.1) is 10.9 Å². The summed E-state index contributed by atoms with van der Waals surface area (Å²) in [5.74, 6) is 0.702. The van der Waals surface area contributed by atoms with Crippen molar-refractivity contribution >= 4 is 23.1 Å². The smallest absolute Gasteiger partial charge is 0.186 e. The molecule has 122 valence electrons. The molecule has 22 heavy (non-hydrogen) atoms. The zero-order valence-corrected chi connectivity index (χ0v) is 13.9. The monoisotopic (exact) mass is 324 g/mol. The normalized spacial score (nSPS) is 23.6. The molecule has 1 saturated carbocycles. The number of carbonyl (C=O) groups is 1. The Labute approximate surface area is 134 Å². The summed E-state index contributed by atoms with van der Waals surface area (Å²) in [6.07, 6.45) is 5.16. The summed E-state index contributed by atoms with van der Waals surface area (Å²) in [6.45, 7) is 0. The highest BCUT2D eigenvalue weighted by molar-refractivity contribution is 7.79. The van der Waals surface area contributed by atoms with Crippen LogP contribution in [0.3, 0.4) is 0 Å². The summed E-state index contributed by atoms with van der Waals surface area (Å²) >= 11 is -2.00. The van der Waals surface area contributed by atoms with Crippen molar-refractivity contribution in [2.24, 2.45) is 5.92 Å². The van der Waals surface area contributed by atoms with Gasteiger partial charge in [0.15, 0.2) is 11.1 Å². The number of nitrogens with one attached hydrogen (secondary N) is 1. The van der Waals surface area contributed by atoms with Crippen molar-refractivity contribution in [3.05, 3.63) is 24.3 Å². The Morgan fingerprint density at radius 2 is 2.18 bits per heavy atom. The van der Waals surface area contributed by atoms with Gasteiger partial charge in [0.25, 0.3) is 0 Å². The van der Waals surface area contributed by atoms with Crippen LogP contribution in [0.5, 0.6) is 0 Å². The first-order valence-electron chi connectivity index (χ1n) is 7.58. The SMILES string of the molecule is CN(C)C1CC(CCC(C=O)Nc2cccc(S(=O)O)c2)C1. The molecule has 6 heteroatoms. The van der Waals surface area contributed by atoms with Crippen molar-refractivity contribution in [3.8, 4) is 0 Å². The molecular weight excluding hydrogens is 300 g/mol. The molecule has 1 aromatic carbocycles. The summed E-state index contributed by atoms with van der Waals surface area (Å²) in [4.78, 5) is 13.8. The van der Waals surface area contributed by atoms with E-state index in [1.165, 1.54) is 12.8 Å². The number of anilines is 1. The molecule has 1 aromatic rings. The van der Waals surface area contributed by atoms with Gasteiger partial charge in [-0.15, -0.1) is 0 Å². The molecule has 1 aliphatic rings. The Hall–Kier alpha value is -1.24. The van der Waals surface area contributed by atoms with Crippen LogP contribution in [0.1, 0.15) is 25.7 Å². The number of benzene rings is 1. The minimum absolute atomic E-state index is 0.249. The van der Waals surface area contributed by atoms with Crippen LogP contribution >= 0.6 is 0 Å². The Balaban J connectivity index is 1.81. The van der Waals surface area contributed by atoms with Gasteiger partial charge in [-0.3, -0.25) is 0 Å². The van der Waals surface area contributed by atoms with Crippen LogP contribution in [-0.4, -0.2) is 46.1 Å². The summed E-state index contributed by atoms with van der Waals surface area (Å²) in [7, 11) is 4.21. The average molecular weight is 324 g/mol. The lowest BCUT2D eigenvalue weighted by Gasteiger charge is -2.40. The first-order valence-corrected chi connectivity index (χ1v) is 8.69. The minimum Gasteiger partial charge on any atom is -0.376 e. The van der Waals surface area contributed by atoms with E-state index in [-0.39, 0.29) is 6.04 Å². The van der Waals surface area contributed by atoms with Crippen molar-refractivity contribution in [2.45, 2.75) is 42.7 Å². The lowest BCUT2D eigenvalue weighted by atomic mass is 9.76. The van der Waals surface area contributed by atoms with E-state index in [0.717, 1.165) is 19.1 Å². The summed E-state index contributed by atoms with van der Waals surface area (Å²) < 4.78 is 20.2. The maximum atomic E-state index is 11.2. The zero-order valence-electron chi connectivity index (χ0n) is 13.1. The zero-order chi connectivity index (χ0) is 16.1. The summed E-state index contributed by atoms with van der Waals surface area (Å²) in [5, 5.41) is 3.14. The van der Waals surface area contributed by atoms with Gasteiger partial charge < -0.3 is 19.6 Å².